The molecule has 2 atom stereocenters. The second kappa shape index (κ2) is 43.6. The summed E-state index contributed by atoms with van der Waals surface area (Å²) in [7, 11) is -1.00. The van der Waals surface area contributed by atoms with E-state index in [2.05, 4.69) is 253 Å². The number of carbonyl (C=O) groups is 5. The van der Waals surface area contributed by atoms with Crippen molar-refractivity contribution in [2.45, 2.75) is 117 Å². The third-order valence-electron chi connectivity index (χ3n) is 17.5. The van der Waals surface area contributed by atoms with Crippen molar-refractivity contribution in [1.82, 2.24) is 13.7 Å². The summed E-state index contributed by atoms with van der Waals surface area (Å²) >= 11 is 20.4. The molecule has 0 spiro atoms. The molecule has 8 aromatic carbocycles. The van der Waals surface area contributed by atoms with Gasteiger partial charge in [0.15, 0.2) is 0 Å². The van der Waals surface area contributed by atoms with Crippen LogP contribution < -0.4 is 29.6 Å². The summed E-state index contributed by atoms with van der Waals surface area (Å²) in [5.74, 6) is -0.632. The molecule has 21 heteroatoms. The van der Waals surface area contributed by atoms with E-state index in [4.69, 9.17) is 15.6 Å². The predicted octanol–water partition coefficient (Wildman–Crippen LogP) is 20.8. The van der Waals surface area contributed by atoms with Crippen molar-refractivity contribution in [3.8, 4) is 11.1 Å². The van der Waals surface area contributed by atoms with Gasteiger partial charge in [0.2, 0.25) is 0 Å². The van der Waals surface area contributed by atoms with Crippen molar-refractivity contribution in [1.29, 1.82) is 0 Å². The van der Waals surface area contributed by atoms with Gasteiger partial charge in [0, 0.05) is 144 Å². The maximum Gasteiger partial charge on any atom is 1.00 e. The van der Waals surface area contributed by atoms with E-state index in [9.17, 15) is 32.9 Å². The first-order valence-corrected chi connectivity index (χ1v) is 40.8. The summed E-state index contributed by atoms with van der Waals surface area (Å²) in [6.07, 6.45) is 11.3. The molecule has 15 rings (SSSR count). The maximum atomic E-state index is 11.7. The number of ether oxygens (including phenoxy) is 4. The van der Waals surface area contributed by atoms with Crippen LogP contribution >= 0.6 is 70.8 Å². The Morgan fingerprint density at radius 3 is 1.31 bits per heavy atom. The third-order valence-corrected chi connectivity index (χ3v) is 18.8. The zero-order valence-corrected chi connectivity index (χ0v) is 67.9. The number of cyclic esters (lactones) is 2. The first-order valence-electron chi connectivity index (χ1n) is 34.8. The molecule has 13 nitrogen and oxygen atoms in total. The second-order valence-electron chi connectivity index (χ2n) is 24.3. The molecule has 6 heterocycles. The van der Waals surface area contributed by atoms with Crippen LogP contribution in [0.25, 0.3) is 76.5 Å². The van der Waals surface area contributed by atoms with Gasteiger partial charge in [-0.05, 0) is 156 Å². The molecule has 0 amide bonds. The van der Waals surface area contributed by atoms with E-state index in [1.165, 1.54) is 87.9 Å². The molecule has 3 fully saturated rings. The number of carbonyl (C=O) groups excluding carboxylic acids is 5. The monoisotopic (exact) mass is 1620 g/mol. The number of para-hydroxylation sites is 2. The molecule has 0 saturated carbocycles. The van der Waals surface area contributed by atoms with E-state index in [0.29, 0.717) is 53.5 Å². The number of rotatable bonds is 15. The zero-order chi connectivity index (χ0) is 75.3. The number of halogens is 6. The first-order chi connectivity index (χ1) is 50.2. The van der Waals surface area contributed by atoms with Gasteiger partial charge < -0.3 is 34.1 Å². The summed E-state index contributed by atoms with van der Waals surface area (Å²) in [5, 5.41) is 5.86. The quantitative estimate of drug-likeness (QED) is 0.0111. The molecule has 1 aliphatic carbocycles. The van der Waals surface area contributed by atoms with E-state index in [1.54, 1.807) is 0 Å². The van der Waals surface area contributed by atoms with Crippen molar-refractivity contribution >= 4 is 167 Å². The Morgan fingerprint density at radius 2 is 0.962 bits per heavy atom. The third kappa shape index (κ3) is 23.3. The molecule has 11 aromatic rings. The molecule has 4 aliphatic rings. The standard InChI is InChI=1S/C24H21NO4.C16H13NO2.C14H13N.C13H10.C6H13Br.C5H7BrO2.C4H8O.CH3F.Cl3OP.Na.H/c1-4-25-19-11-15(21-9-13(2)23(26)28-21)5-7-17(19)18-8-6-16(12-20(18)25)22-10-14(3)24(27)29-22;1-2-17-15-7-11(9-18)3-5-13(15)14-6-4-12(10-19)8-16(14)17;1-2-15-13-9-5-3-7-11(13)12-8-4-6-10-14(12)15;1-3-7-12-10(5-1)9-11-6-2-4-8-13(11)12;1-2-3-4-5-6-7;1-5(2-6)3-8-4-7;1-2-4-5-3-1;1-2;1-5(2,3)4;;/h5-8,11-12,21-22H,2-4,9-10H2,1H3;3-10H,2H2,1H3;3-10H,2H2,1H3;1-8H,9H2;2-6H2,1H3;4H,1-3H2;1-4H2;1H3;;;/q;;;;;;;;;+1;-1/i;;;;;;;1D;;;. The molecule has 2 unspecified atom stereocenters. The van der Waals surface area contributed by atoms with Crippen molar-refractivity contribution < 1.29 is 84.2 Å². The maximum absolute atomic E-state index is 11.7. The van der Waals surface area contributed by atoms with Crippen LogP contribution in [0.1, 0.15) is 137 Å². The number of hydrogen-bond donors (Lipinski definition) is 0. The molecular formula is C83H89Br2Cl3FN3NaO10P. The number of aldehydes is 2. The number of unbranched alkanes of at least 4 members (excludes halogenated alkanes) is 3. The van der Waals surface area contributed by atoms with Gasteiger partial charge in [-0.15, -0.1) is 0 Å². The fourth-order valence-corrected chi connectivity index (χ4v) is 13.2. The van der Waals surface area contributed by atoms with Gasteiger partial charge in [-0.2, -0.15) is 0 Å². The van der Waals surface area contributed by atoms with Gasteiger partial charge in [-0.3, -0.25) is 23.3 Å². The summed E-state index contributed by atoms with van der Waals surface area (Å²) < 4.78 is 52.0. The molecule has 3 aliphatic heterocycles. The molecule has 3 aromatic heterocycles. The Kier molecular flexibility index (Phi) is 35.4. The molecule has 544 valence electrons. The summed E-state index contributed by atoms with van der Waals surface area (Å²) in [6, 6.07) is 58.3. The summed E-state index contributed by atoms with van der Waals surface area (Å²) in [5.41, 5.74) is 17.9. The van der Waals surface area contributed by atoms with Crippen molar-refractivity contribution in [3.05, 3.63) is 240 Å². The predicted molar refractivity (Wildman–Crippen MR) is 432 cm³/mol. The van der Waals surface area contributed by atoms with E-state index in [-0.39, 0.29) is 55.1 Å². The Bertz CT molecular complexity index is 4540. The van der Waals surface area contributed by atoms with E-state index in [1.807, 2.05) is 48.5 Å². The number of fused-ring (bicyclic) bond motifs is 12. The molecular weight excluding hydrogens is 1540 g/mol. The van der Waals surface area contributed by atoms with Crippen LogP contribution in [0, 0.1) is 0 Å². The molecule has 3 saturated heterocycles. The van der Waals surface area contributed by atoms with Crippen LogP contribution in [0.3, 0.4) is 0 Å². The Morgan fingerprint density at radius 1 is 0.587 bits per heavy atom. The average Bonchev–Trinajstić information content (AvgIpc) is 1.66. The minimum absolute atomic E-state index is 0. The normalized spacial score (nSPS) is 14.5. The number of aromatic nitrogens is 3. The average molecular weight is 1630 g/mol. The minimum Gasteiger partial charge on any atom is -1.00 e. The summed E-state index contributed by atoms with van der Waals surface area (Å²) in [4.78, 5) is 54.8. The Hall–Kier alpha value is -6.92. The van der Waals surface area contributed by atoms with Crippen molar-refractivity contribution in [2.24, 2.45) is 0 Å². The van der Waals surface area contributed by atoms with Gasteiger partial charge in [0.05, 0.1) is 8.52 Å². The van der Waals surface area contributed by atoms with E-state index < -0.39 is 12.4 Å². The van der Waals surface area contributed by atoms with Gasteiger partial charge in [-0.25, -0.2) is 9.59 Å². The van der Waals surface area contributed by atoms with Crippen LogP contribution in [0.2, 0.25) is 0 Å². The number of alkyl halides is 3. The van der Waals surface area contributed by atoms with E-state index >= 15 is 0 Å². The fraction of sp³-hybridized carbons (Fsp3) is 0.289. The largest absolute Gasteiger partial charge is 1.00 e. The van der Waals surface area contributed by atoms with Crippen LogP contribution in [0.15, 0.2) is 206 Å². The van der Waals surface area contributed by atoms with Gasteiger partial charge in [0.1, 0.15) is 31.4 Å². The van der Waals surface area contributed by atoms with Crippen LogP contribution in [0.5, 0.6) is 0 Å². The van der Waals surface area contributed by atoms with Crippen LogP contribution in [-0.4, -0.2) is 82.3 Å². The number of benzene rings is 8. The number of hydrogen-bond acceptors (Lipinski definition) is 10. The Balaban J connectivity index is 0.000000231. The van der Waals surface area contributed by atoms with Gasteiger partial charge >= 0.3 is 46.7 Å². The SMILES string of the molecule is C1CCOC1.C=C(CBr)COC=O.C=C1CC(c2ccc3c4ccc(C5CC(=C)C(=O)O5)cc4n(CC)c3c2)OC1=O.CCCCCCBr.CCn1c2cc(C=O)ccc2c2ccc(C=O)cc21.CCn1c2ccccc2c2ccccc21.O=P(Cl)(Cl)Cl.[2H]CF.[H-].[Na+].c1ccc2c(c1)Cc1ccccc1-2. The number of nitrogens with zero attached hydrogens (tertiary/aromatic N) is 3. The van der Waals surface area contributed by atoms with Gasteiger partial charge in [-0.1, -0.05) is 211 Å². The van der Waals surface area contributed by atoms with Crippen LogP contribution in [-0.2, 0) is 64.0 Å². The molecule has 0 N–H and O–H groups in total. The van der Waals surface area contributed by atoms with E-state index in [0.717, 1.165) is 112 Å². The minimum atomic E-state index is -3.22. The smallest absolute Gasteiger partial charge is 1.00 e. The molecule has 0 bridgehead atoms. The fourth-order valence-electron chi connectivity index (χ4n) is 12.6. The number of aryl methyl sites for hydroxylation is 3. The van der Waals surface area contributed by atoms with Crippen LogP contribution in [0.4, 0.5) is 4.39 Å². The zero-order valence-electron chi connectivity index (χ0n) is 61.5. The van der Waals surface area contributed by atoms with Crippen molar-refractivity contribution in [3.63, 3.8) is 0 Å². The topological polar surface area (TPSA) is 154 Å². The summed E-state index contributed by atoms with van der Waals surface area (Å²) in [6.45, 7) is 25.1. The van der Waals surface area contributed by atoms with Crippen molar-refractivity contribution in [2.75, 3.05) is 37.6 Å². The van der Waals surface area contributed by atoms with Gasteiger partial charge in [0.25, 0.3) is 6.47 Å². The first kappa shape index (κ1) is 84.3. The number of esters is 2. The Labute approximate surface area is 665 Å². The second-order valence-corrected chi connectivity index (χ2v) is 32.3. The molecule has 0 radical (unpaired) electrons. The molecule has 104 heavy (non-hydrogen) atoms.